The third-order valence-electron chi connectivity index (χ3n) is 4.22. The number of fused-ring (bicyclic) bond motifs is 1. The Morgan fingerprint density at radius 3 is 2.54 bits per heavy atom. The number of sulfonamides is 1. The molecule has 1 aliphatic rings. The Bertz CT molecular complexity index is 845. The van der Waals surface area contributed by atoms with Gasteiger partial charge in [0.05, 0.1) is 10.8 Å². The Morgan fingerprint density at radius 2 is 1.83 bits per heavy atom. The van der Waals surface area contributed by atoms with E-state index in [2.05, 4.69) is 16.1 Å². The monoisotopic (exact) mass is 344 g/mol. The van der Waals surface area contributed by atoms with Gasteiger partial charge < -0.3 is 5.32 Å². The minimum Gasteiger partial charge on any atom is -0.326 e. The zero-order chi connectivity index (χ0) is 17.2. The van der Waals surface area contributed by atoms with Gasteiger partial charge in [0.1, 0.15) is 0 Å². The van der Waals surface area contributed by atoms with E-state index in [1.807, 2.05) is 18.2 Å². The first kappa shape index (κ1) is 16.7. The highest BCUT2D eigenvalue weighted by Crippen LogP contribution is 2.33. The molecule has 0 saturated carbocycles. The van der Waals surface area contributed by atoms with Crippen LogP contribution in [0.3, 0.4) is 0 Å². The summed E-state index contributed by atoms with van der Waals surface area (Å²) in [6.45, 7) is 2.06. The normalized spacial score (nSPS) is 16.6. The van der Waals surface area contributed by atoms with E-state index in [1.54, 1.807) is 19.1 Å². The lowest BCUT2D eigenvalue weighted by Gasteiger charge is -2.13. The van der Waals surface area contributed by atoms with E-state index in [1.165, 1.54) is 17.7 Å². The van der Waals surface area contributed by atoms with Gasteiger partial charge in [-0.05, 0) is 48.2 Å². The summed E-state index contributed by atoms with van der Waals surface area (Å²) in [5.74, 6) is -0.200. The number of benzene rings is 2. The highest BCUT2D eigenvalue weighted by atomic mass is 32.2. The molecule has 2 aromatic carbocycles. The minimum absolute atomic E-state index is 0.0535. The molecule has 0 aromatic heterocycles. The van der Waals surface area contributed by atoms with Crippen LogP contribution in [0.15, 0.2) is 53.4 Å². The molecular weight excluding hydrogens is 324 g/mol. The van der Waals surface area contributed by atoms with Gasteiger partial charge in [-0.1, -0.05) is 31.2 Å². The van der Waals surface area contributed by atoms with Crippen LogP contribution in [0.5, 0.6) is 0 Å². The van der Waals surface area contributed by atoms with Gasteiger partial charge in [0.25, 0.3) is 0 Å². The highest BCUT2D eigenvalue weighted by Gasteiger charge is 2.28. The van der Waals surface area contributed by atoms with Crippen LogP contribution >= 0.6 is 0 Å². The average Bonchev–Trinajstić information content (AvgIpc) is 2.99. The third kappa shape index (κ3) is 3.34. The number of nitrogens with one attached hydrogen (secondary N) is 2. The quantitative estimate of drug-likeness (QED) is 0.875. The molecule has 0 saturated heterocycles. The van der Waals surface area contributed by atoms with Gasteiger partial charge >= 0.3 is 0 Å². The summed E-state index contributed by atoms with van der Waals surface area (Å²) in [5.41, 5.74) is 2.91. The van der Waals surface area contributed by atoms with E-state index in [-0.39, 0.29) is 16.7 Å². The van der Waals surface area contributed by atoms with Crippen molar-refractivity contribution >= 4 is 21.6 Å². The van der Waals surface area contributed by atoms with Crippen molar-refractivity contribution in [3.8, 4) is 0 Å². The van der Waals surface area contributed by atoms with Crippen molar-refractivity contribution in [3.05, 3.63) is 59.7 Å². The topological polar surface area (TPSA) is 75.3 Å². The summed E-state index contributed by atoms with van der Waals surface area (Å²) in [6, 6.07) is 14.2. The van der Waals surface area contributed by atoms with Gasteiger partial charge in [-0.3, -0.25) is 4.79 Å². The number of hydrogen-bond donors (Lipinski definition) is 2. The number of anilines is 1. The van der Waals surface area contributed by atoms with E-state index in [9.17, 15) is 13.2 Å². The molecule has 1 aliphatic carbocycles. The van der Waals surface area contributed by atoms with Crippen molar-refractivity contribution in [2.45, 2.75) is 30.6 Å². The van der Waals surface area contributed by atoms with E-state index < -0.39 is 10.0 Å². The molecule has 2 aromatic rings. The van der Waals surface area contributed by atoms with Crippen LogP contribution in [0.2, 0.25) is 0 Å². The molecule has 0 spiro atoms. The van der Waals surface area contributed by atoms with Gasteiger partial charge in [-0.2, -0.15) is 0 Å². The van der Waals surface area contributed by atoms with Gasteiger partial charge in [-0.25, -0.2) is 13.1 Å². The van der Waals surface area contributed by atoms with Crippen LogP contribution in [0.1, 0.15) is 30.4 Å². The fraction of sp³-hybridized carbons (Fsp3) is 0.278. The zero-order valence-corrected chi connectivity index (χ0v) is 14.3. The van der Waals surface area contributed by atoms with Gasteiger partial charge in [0.2, 0.25) is 15.9 Å². The lowest BCUT2D eigenvalue weighted by atomic mass is 10.0. The molecule has 0 bridgehead atoms. The lowest BCUT2D eigenvalue weighted by molar-refractivity contribution is -0.117. The molecule has 1 atom stereocenters. The molecule has 126 valence electrons. The van der Waals surface area contributed by atoms with Crippen LogP contribution in [0.4, 0.5) is 5.69 Å². The predicted octanol–water partition coefficient (Wildman–Crippen LogP) is 2.65. The molecule has 6 heteroatoms. The highest BCUT2D eigenvalue weighted by molar-refractivity contribution is 7.89. The fourth-order valence-electron chi connectivity index (χ4n) is 3.05. The van der Waals surface area contributed by atoms with Crippen LogP contribution in [0.25, 0.3) is 0 Å². The molecular formula is C18H20N2O3S. The molecule has 0 aliphatic heterocycles. The maximum absolute atomic E-state index is 12.5. The molecule has 5 nitrogen and oxygen atoms in total. The van der Waals surface area contributed by atoms with Crippen LogP contribution in [-0.4, -0.2) is 20.9 Å². The molecule has 0 heterocycles. The van der Waals surface area contributed by atoms with E-state index >= 15 is 0 Å². The second-order valence-corrected chi connectivity index (χ2v) is 7.57. The van der Waals surface area contributed by atoms with Crippen molar-refractivity contribution in [2.75, 3.05) is 11.9 Å². The molecule has 0 fully saturated rings. The van der Waals surface area contributed by atoms with Gasteiger partial charge in [0, 0.05) is 12.2 Å². The van der Waals surface area contributed by atoms with Crippen molar-refractivity contribution < 1.29 is 13.2 Å². The number of carbonyl (C=O) groups excluding carboxylic acids is 1. The number of hydrogen-bond acceptors (Lipinski definition) is 3. The average molecular weight is 344 g/mol. The first-order chi connectivity index (χ1) is 11.5. The van der Waals surface area contributed by atoms with E-state index in [4.69, 9.17) is 0 Å². The van der Waals surface area contributed by atoms with Gasteiger partial charge in [0.15, 0.2) is 0 Å². The zero-order valence-electron chi connectivity index (χ0n) is 13.5. The smallest absolute Gasteiger partial charge is 0.240 e. The van der Waals surface area contributed by atoms with Crippen LogP contribution in [-0.2, 0) is 21.2 Å². The van der Waals surface area contributed by atoms with Crippen molar-refractivity contribution in [3.63, 3.8) is 0 Å². The number of amides is 1. The summed E-state index contributed by atoms with van der Waals surface area (Å²) in [7, 11) is -3.47. The third-order valence-corrected chi connectivity index (χ3v) is 5.78. The maximum Gasteiger partial charge on any atom is 0.240 e. The molecule has 0 unspecified atom stereocenters. The first-order valence-corrected chi connectivity index (χ1v) is 9.48. The minimum atomic E-state index is -3.47. The van der Waals surface area contributed by atoms with E-state index in [0.717, 1.165) is 18.4 Å². The first-order valence-electron chi connectivity index (χ1n) is 7.99. The molecule has 2 N–H and O–H groups in total. The molecule has 1 amide bonds. The largest absolute Gasteiger partial charge is 0.326 e. The molecule has 0 radical (unpaired) electrons. The summed E-state index contributed by atoms with van der Waals surface area (Å²) in [6.07, 6.45) is 1.71. The Hall–Kier alpha value is -2.18. The lowest BCUT2D eigenvalue weighted by Crippen LogP contribution is -2.23. The maximum atomic E-state index is 12.5. The summed E-state index contributed by atoms with van der Waals surface area (Å²) < 4.78 is 26.3. The summed E-state index contributed by atoms with van der Waals surface area (Å²) in [4.78, 5) is 12.7. The summed E-state index contributed by atoms with van der Waals surface area (Å²) in [5, 5.41) is 2.88. The fourth-order valence-corrected chi connectivity index (χ4v) is 4.09. The van der Waals surface area contributed by atoms with Crippen molar-refractivity contribution in [1.29, 1.82) is 0 Å². The molecule has 3 rings (SSSR count). The van der Waals surface area contributed by atoms with Crippen molar-refractivity contribution in [2.24, 2.45) is 0 Å². The Morgan fingerprint density at radius 1 is 1.12 bits per heavy atom. The molecule has 24 heavy (non-hydrogen) atoms. The number of carbonyl (C=O) groups is 1. The number of aryl methyl sites for hydroxylation is 1. The standard InChI is InChI=1S/C18H20N2O3S/c1-2-19-24(22,23)15-10-8-14(9-11-15)20-18(21)17-12-7-13-5-3-4-6-16(13)17/h3-6,8-11,17,19H,2,7,12H2,1H3,(H,20,21)/t17-/m0/s1. The van der Waals surface area contributed by atoms with Crippen LogP contribution < -0.4 is 10.0 Å². The second-order valence-electron chi connectivity index (χ2n) is 5.81. The van der Waals surface area contributed by atoms with Crippen LogP contribution in [0, 0.1) is 0 Å². The van der Waals surface area contributed by atoms with E-state index in [0.29, 0.717) is 12.2 Å². The Labute approximate surface area is 142 Å². The van der Waals surface area contributed by atoms with Crippen molar-refractivity contribution in [1.82, 2.24) is 4.72 Å². The SMILES string of the molecule is CCNS(=O)(=O)c1ccc(NC(=O)[C@H]2CCc3ccccc32)cc1. The van der Waals surface area contributed by atoms with Gasteiger partial charge in [-0.15, -0.1) is 0 Å². The number of rotatable bonds is 5. The Kier molecular flexibility index (Phi) is 4.69. The Balaban J connectivity index is 1.72. The second kappa shape index (κ2) is 6.75. The summed E-state index contributed by atoms with van der Waals surface area (Å²) >= 11 is 0. The predicted molar refractivity (Wildman–Crippen MR) is 93.4 cm³/mol.